The maximum atomic E-state index is 11.7. The molecule has 7 heteroatoms. The van der Waals surface area contributed by atoms with E-state index in [2.05, 4.69) is 10.9 Å². The Bertz CT molecular complexity index is 501. The second-order valence-electron chi connectivity index (χ2n) is 4.17. The van der Waals surface area contributed by atoms with Crippen LogP contribution < -0.4 is 10.9 Å². The van der Waals surface area contributed by atoms with E-state index < -0.39 is 5.91 Å². The number of phenols is 1. The molecule has 1 aromatic carbocycles. The van der Waals surface area contributed by atoms with E-state index in [-0.39, 0.29) is 23.1 Å². The number of nitrogens with one attached hydrogen (secondary N) is 2. The average molecular weight is 285 g/mol. The van der Waals surface area contributed by atoms with Crippen molar-refractivity contribution in [3.63, 3.8) is 0 Å². The number of benzene rings is 1. The smallest absolute Gasteiger partial charge is 0.273 e. The van der Waals surface area contributed by atoms with Gasteiger partial charge in [-0.2, -0.15) is 0 Å². The topological polar surface area (TPSA) is 87.7 Å². The molecule has 0 spiro atoms. The molecular formula is C12H13ClN2O4. The van der Waals surface area contributed by atoms with Crippen LogP contribution in [0, 0.1) is 5.92 Å². The molecule has 3 N–H and O–H groups in total. The zero-order valence-electron chi connectivity index (χ0n) is 9.98. The minimum absolute atomic E-state index is 0.0346. The zero-order chi connectivity index (χ0) is 13.8. The van der Waals surface area contributed by atoms with Crippen LogP contribution in [0.5, 0.6) is 5.75 Å². The maximum absolute atomic E-state index is 11.7. The summed E-state index contributed by atoms with van der Waals surface area (Å²) in [6.45, 7) is 0.901. The first kappa shape index (κ1) is 13.6. The molecule has 6 nitrogen and oxygen atoms in total. The number of hydrogen-bond acceptors (Lipinski definition) is 4. The molecule has 19 heavy (non-hydrogen) atoms. The number of phenolic OH excluding ortho intramolecular Hbond substituents is 1. The molecule has 0 aliphatic carbocycles. The van der Waals surface area contributed by atoms with Gasteiger partial charge in [-0.15, -0.1) is 0 Å². The van der Waals surface area contributed by atoms with Crippen molar-refractivity contribution in [2.75, 3.05) is 13.2 Å². The summed E-state index contributed by atoms with van der Waals surface area (Å²) in [5.74, 6) is -1.41. The molecular weight excluding hydrogens is 272 g/mol. The highest BCUT2D eigenvalue weighted by Gasteiger charge is 2.24. The Balaban J connectivity index is 1.92. The van der Waals surface area contributed by atoms with Gasteiger partial charge < -0.3 is 9.84 Å². The maximum Gasteiger partial charge on any atom is 0.273 e. The summed E-state index contributed by atoms with van der Waals surface area (Å²) in [6, 6.07) is 4.10. The fraction of sp³-hybridized carbons (Fsp3) is 0.333. The number of ether oxygens (including phenoxy) is 1. The summed E-state index contributed by atoms with van der Waals surface area (Å²) in [6.07, 6.45) is 0.633. The van der Waals surface area contributed by atoms with Crippen LogP contribution in [0.2, 0.25) is 5.02 Å². The summed E-state index contributed by atoms with van der Waals surface area (Å²) in [4.78, 5) is 23.4. The van der Waals surface area contributed by atoms with E-state index in [4.69, 9.17) is 16.3 Å². The molecule has 1 fully saturated rings. The van der Waals surface area contributed by atoms with Gasteiger partial charge in [0, 0.05) is 11.6 Å². The summed E-state index contributed by atoms with van der Waals surface area (Å²) >= 11 is 5.66. The lowest BCUT2D eigenvalue weighted by atomic mass is 10.1. The van der Waals surface area contributed by atoms with Gasteiger partial charge in [-0.3, -0.25) is 20.4 Å². The largest absolute Gasteiger partial charge is 0.507 e. The quantitative estimate of drug-likeness (QED) is 0.703. The molecule has 1 aliphatic heterocycles. The summed E-state index contributed by atoms with van der Waals surface area (Å²) in [7, 11) is 0. The first-order valence-corrected chi connectivity index (χ1v) is 6.12. The Kier molecular flexibility index (Phi) is 4.24. The lowest BCUT2D eigenvalue weighted by molar-refractivity contribution is -0.125. The zero-order valence-corrected chi connectivity index (χ0v) is 10.7. The van der Waals surface area contributed by atoms with E-state index in [1.165, 1.54) is 18.2 Å². The molecule has 1 aromatic rings. The standard InChI is InChI=1S/C12H13ClN2O4/c13-8-1-2-9(10(16)5-8)12(18)15-14-11(17)7-3-4-19-6-7/h1-2,5,7,16H,3-4,6H2,(H,14,17)(H,15,18). The Morgan fingerprint density at radius 1 is 1.37 bits per heavy atom. The lowest BCUT2D eigenvalue weighted by Crippen LogP contribution is -2.44. The number of hydrazine groups is 1. The molecule has 1 saturated heterocycles. The molecule has 1 atom stereocenters. The predicted octanol–water partition coefficient (Wildman–Crippen LogP) is 0.843. The highest BCUT2D eigenvalue weighted by atomic mass is 35.5. The van der Waals surface area contributed by atoms with Crippen LogP contribution in [0.3, 0.4) is 0 Å². The number of hydrogen-bond donors (Lipinski definition) is 3. The number of aromatic hydroxyl groups is 1. The van der Waals surface area contributed by atoms with Crippen LogP contribution in [0.25, 0.3) is 0 Å². The van der Waals surface area contributed by atoms with E-state index in [1.807, 2.05) is 0 Å². The Hall–Kier alpha value is -1.79. The molecule has 2 amide bonds. The molecule has 0 bridgehead atoms. The van der Waals surface area contributed by atoms with Crippen molar-refractivity contribution in [3.05, 3.63) is 28.8 Å². The van der Waals surface area contributed by atoms with Crippen LogP contribution >= 0.6 is 11.6 Å². The Morgan fingerprint density at radius 2 is 2.16 bits per heavy atom. The van der Waals surface area contributed by atoms with Crippen molar-refractivity contribution >= 4 is 23.4 Å². The van der Waals surface area contributed by atoms with E-state index in [9.17, 15) is 14.7 Å². The Morgan fingerprint density at radius 3 is 2.79 bits per heavy atom. The molecule has 1 heterocycles. The van der Waals surface area contributed by atoms with E-state index >= 15 is 0 Å². The minimum Gasteiger partial charge on any atom is -0.507 e. The second-order valence-corrected chi connectivity index (χ2v) is 4.60. The monoisotopic (exact) mass is 284 g/mol. The fourth-order valence-electron chi connectivity index (χ4n) is 1.73. The normalized spacial score (nSPS) is 18.1. The van der Waals surface area contributed by atoms with Crippen molar-refractivity contribution in [3.8, 4) is 5.75 Å². The van der Waals surface area contributed by atoms with Crippen molar-refractivity contribution in [1.29, 1.82) is 0 Å². The first-order chi connectivity index (χ1) is 9.08. The molecule has 1 unspecified atom stereocenters. The molecule has 102 valence electrons. The van der Waals surface area contributed by atoms with E-state index in [1.54, 1.807) is 0 Å². The van der Waals surface area contributed by atoms with Crippen LogP contribution in [0.4, 0.5) is 0 Å². The molecule has 1 aliphatic rings. The van der Waals surface area contributed by atoms with Gasteiger partial charge in [0.05, 0.1) is 18.1 Å². The number of rotatable bonds is 2. The Labute approximate surface area is 114 Å². The van der Waals surface area contributed by atoms with Gasteiger partial charge in [0.1, 0.15) is 5.75 Å². The van der Waals surface area contributed by atoms with Crippen LogP contribution in [0.1, 0.15) is 16.8 Å². The van der Waals surface area contributed by atoms with Crippen molar-refractivity contribution in [2.45, 2.75) is 6.42 Å². The second kappa shape index (κ2) is 5.90. The van der Waals surface area contributed by atoms with Gasteiger partial charge in [0.25, 0.3) is 5.91 Å². The van der Waals surface area contributed by atoms with Gasteiger partial charge in [-0.1, -0.05) is 11.6 Å². The first-order valence-electron chi connectivity index (χ1n) is 5.74. The van der Waals surface area contributed by atoms with Crippen LogP contribution in [-0.4, -0.2) is 30.1 Å². The van der Waals surface area contributed by atoms with Gasteiger partial charge in [-0.05, 0) is 24.6 Å². The van der Waals surface area contributed by atoms with Crippen LogP contribution in [0.15, 0.2) is 18.2 Å². The van der Waals surface area contributed by atoms with Crippen molar-refractivity contribution < 1.29 is 19.4 Å². The third kappa shape index (κ3) is 3.36. The SMILES string of the molecule is O=C(NNC(=O)C1CCOC1)c1ccc(Cl)cc1O. The minimum atomic E-state index is -0.610. The number of carbonyl (C=O) groups is 2. The highest BCUT2D eigenvalue weighted by molar-refractivity contribution is 6.30. The fourth-order valence-corrected chi connectivity index (χ4v) is 1.89. The highest BCUT2D eigenvalue weighted by Crippen LogP contribution is 2.21. The summed E-state index contributed by atoms with van der Waals surface area (Å²) < 4.78 is 5.07. The molecule has 0 radical (unpaired) electrons. The van der Waals surface area contributed by atoms with E-state index in [0.717, 1.165) is 0 Å². The van der Waals surface area contributed by atoms with Gasteiger partial charge in [0.2, 0.25) is 5.91 Å². The van der Waals surface area contributed by atoms with Gasteiger partial charge in [-0.25, -0.2) is 0 Å². The number of carbonyl (C=O) groups excluding carboxylic acids is 2. The summed E-state index contributed by atoms with van der Waals surface area (Å²) in [5, 5.41) is 9.88. The predicted molar refractivity (Wildman–Crippen MR) is 67.7 cm³/mol. The van der Waals surface area contributed by atoms with Gasteiger partial charge >= 0.3 is 0 Å². The number of halogens is 1. The van der Waals surface area contributed by atoms with Crippen molar-refractivity contribution in [2.24, 2.45) is 5.92 Å². The van der Waals surface area contributed by atoms with Crippen LogP contribution in [-0.2, 0) is 9.53 Å². The lowest BCUT2D eigenvalue weighted by Gasteiger charge is -2.11. The number of amides is 2. The average Bonchev–Trinajstić information content (AvgIpc) is 2.89. The molecule has 0 aromatic heterocycles. The van der Waals surface area contributed by atoms with Crippen molar-refractivity contribution in [1.82, 2.24) is 10.9 Å². The molecule has 2 rings (SSSR count). The van der Waals surface area contributed by atoms with E-state index in [0.29, 0.717) is 24.7 Å². The third-order valence-electron chi connectivity index (χ3n) is 2.80. The summed E-state index contributed by atoms with van der Waals surface area (Å²) in [5.41, 5.74) is 4.58. The molecule has 0 saturated carbocycles. The third-order valence-corrected chi connectivity index (χ3v) is 3.04. The van der Waals surface area contributed by atoms with Gasteiger partial charge in [0.15, 0.2) is 0 Å².